The van der Waals surface area contributed by atoms with Gasteiger partial charge in [0.2, 0.25) is 0 Å². The van der Waals surface area contributed by atoms with Crippen LogP contribution in [0.4, 0.5) is 39.3 Å². The van der Waals surface area contributed by atoms with Crippen LogP contribution in [-0.4, -0.2) is 89.0 Å². The molecule has 0 rings (SSSR count). The maximum absolute atomic E-state index is 12.3. The van der Waals surface area contributed by atoms with Gasteiger partial charge in [-0.05, 0) is 0 Å². The molecule has 0 radical (unpaired) electrons. The van der Waals surface area contributed by atoms with Gasteiger partial charge in [0.15, 0.2) is 0 Å². The van der Waals surface area contributed by atoms with Crippen LogP contribution in [0, 0.1) is 0 Å². The van der Waals surface area contributed by atoms with Crippen LogP contribution >= 0.6 is 7.91 Å². The van der Waals surface area contributed by atoms with Gasteiger partial charge in [0.05, 0.1) is 68.2 Å². The monoisotopic (exact) mass is 474 g/mol. The van der Waals surface area contributed by atoms with Crippen LogP contribution in [0.25, 0.3) is 0 Å². The Morgan fingerprint density at radius 3 is 1.00 bits per heavy atom. The highest BCUT2D eigenvalue weighted by atomic mass is 31.2. The number of hydrogen-bond donors (Lipinski definition) is 0. The van der Waals surface area contributed by atoms with E-state index in [1.165, 1.54) is 0 Å². The lowest BCUT2D eigenvalue weighted by Gasteiger charge is -2.26. The summed E-state index contributed by atoms with van der Waals surface area (Å²) in [6.45, 7) is 0.0781. The third kappa shape index (κ3) is 27.4. The minimum atomic E-state index is -5.64. The van der Waals surface area contributed by atoms with Gasteiger partial charge in [-0.25, -0.2) is 39.3 Å². The van der Waals surface area contributed by atoms with E-state index in [1.807, 2.05) is 0 Å². The summed E-state index contributed by atoms with van der Waals surface area (Å²) in [7, 11) is 4.45. The quantitative estimate of drug-likeness (QED) is 0.309. The summed E-state index contributed by atoms with van der Waals surface area (Å²) in [5.41, 5.74) is 0. The van der Waals surface area contributed by atoms with Crippen molar-refractivity contribution in [2.75, 3.05) is 55.4 Å². The molecule has 15 heteroatoms. The second kappa shape index (κ2) is 12.3. The molecular formula is C14H28F9N2O3P. The van der Waals surface area contributed by atoms with Crippen LogP contribution in [0.1, 0.15) is 12.8 Å². The molecule has 0 atom stereocenters. The van der Waals surface area contributed by atoms with Gasteiger partial charge in [-0.1, -0.05) is 0 Å². The van der Waals surface area contributed by atoms with Crippen LogP contribution < -0.4 is 9.79 Å². The molecule has 180 valence electrons. The SMILES string of the molecule is C[N+](C)(C)CCC(F)(F)C(F)F.C[N+](C)(C)CCC(F)(F)C(F)F.O=P([O-])([O-])F. The fourth-order valence-corrected chi connectivity index (χ4v) is 1.19. The molecular weight excluding hydrogens is 446 g/mol. The Balaban J connectivity index is -0.000000380. The molecule has 0 unspecified atom stereocenters. The van der Waals surface area contributed by atoms with Gasteiger partial charge < -0.3 is 23.3 Å². The maximum atomic E-state index is 12.3. The van der Waals surface area contributed by atoms with Crippen molar-refractivity contribution in [2.24, 2.45) is 0 Å². The first-order valence-corrected chi connectivity index (χ1v) is 9.38. The van der Waals surface area contributed by atoms with Crippen molar-refractivity contribution < 1.29 is 62.6 Å². The molecule has 0 aliphatic carbocycles. The maximum Gasteiger partial charge on any atom is 0.312 e. The molecule has 0 aromatic rings. The molecule has 0 aliphatic rings. The van der Waals surface area contributed by atoms with Crippen molar-refractivity contribution in [1.29, 1.82) is 0 Å². The first-order chi connectivity index (χ1) is 12.3. The highest BCUT2D eigenvalue weighted by molar-refractivity contribution is 7.42. The number of quaternary nitrogens is 2. The standard InChI is InChI=1S/2C7H14F4N.FH2O3P/c2*1-12(2,3)5-4-7(10,11)6(8)9;1-5(2,3)4/h2*6H,4-5H2,1-3H3;(H2,2,3,4)/q2*+1;/p-2. The molecule has 0 amide bonds. The minimum Gasteiger partial charge on any atom is -0.786 e. The molecule has 0 aliphatic heterocycles. The van der Waals surface area contributed by atoms with E-state index >= 15 is 0 Å². The minimum absolute atomic E-state index is 0.0390. The molecule has 0 heterocycles. The zero-order valence-electron chi connectivity index (χ0n) is 17.0. The van der Waals surface area contributed by atoms with E-state index in [0.717, 1.165) is 0 Å². The predicted molar refractivity (Wildman–Crippen MR) is 85.6 cm³/mol. The number of nitrogens with zero attached hydrogens (tertiary/aromatic N) is 2. The Labute approximate surface area is 164 Å². The summed E-state index contributed by atoms with van der Waals surface area (Å²) in [4.78, 5) is 16.9. The molecule has 0 bridgehead atoms. The number of rotatable bonds is 8. The summed E-state index contributed by atoms with van der Waals surface area (Å²) in [6.07, 6.45) is -8.64. The van der Waals surface area contributed by atoms with E-state index in [2.05, 4.69) is 0 Å². The zero-order chi connectivity index (χ0) is 24.5. The lowest BCUT2D eigenvalue weighted by Crippen LogP contribution is -2.40. The van der Waals surface area contributed by atoms with Gasteiger partial charge in [-0.3, -0.25) is 0 Å². The third-order valence-corrected chi connectivity index (χ3v) is 2.87. The lowest BCUT2D eigenvalue weighted by atomic mass is 10.2. The van der Waals surface area contributed by atoms with Gasteiger partial charge >= 0.3 is 24.7 Å². The smallest absolute Gasteiger partial charge is 0.312 e. The summed E-state index contributed by atoms with van der Waals surface area (Å²) in [5.74, 6) is -7.68. The zero-order valence-corrected chi connectivity index (χ0v) is 17.8. The highest BCUT2D eigenvalue weighted by Crippen LogP contribution is 2.27. The Morgan fingerprint density at radius 2 is 0.897 bits per heavy atom. The number of hydrogen-bond acceptors (Lipinski definition) is 3. The normalized spacial score (nSPS) is 13.6. The average Bonchev–Trinajstić information content (AvgIpc) is 2.40. The van der Waals surface area contributed by atoms with Crippen molar-refractivity contribution in [3.05, 3.63) is 0 Å². The molecule has 5 nitrogen and oxygen atoms in total. The first-order valence-electron chi connectivity index (χ1n) is 7.95. The molecule has 29 heavy (non-hydrogen) atoms. The van der Waals surface area contributed by atoms with Crippen molar-refractivity contribution in [3.8, 4) is 0 Å². The number of halogens is 9. The molecule has 0 saturated carbocycles. The van der Waals surface area contributed by atoms with Gasteiger partial charge in [0.25, 0.3) is 0 Å². The molecule has 0 aromatic heterocycles. The molecule has 0 spiro atoms. The molecule has 0 saturated heterocycles. The number of alkyl halides is 8. The fourth-order valence-electron chi connectivity index (χ4n) is 1.19. The second-order valence-corrected chi connectivity index (χ2v) is 8.94. The highest BCUT2D eigenvalue weighted by Gasteiger charge is 2.42. The molecule has 0 N–H and O–H groups in total. The Bertz CT molecular complexity index is 447. The summed E-state index contributed by atoms with van der Waals surface area (Å²) < 4.78 is 115. The van der Waals surface area contributed by atoms with E-state index < -0.39 is 45.4 Å². The second-order valence-electron chi connectivity index (χ2n) is 8.08. The summed E-state index contributed by atoms with van der Waals surface area (Å²) in [5, 5.41) is 0. The third-order valence-electron chi connectivity index (χ3n) is 2.87. The lowest BCUT2D eigenvalue weighted by molar-refractivity contribution is -0.871. The van der Waals surface area contributed by atoms with Crippen LogP contribution in [0.15, 0.2) is 0 Å². The van der Waals surface area contributed by atoms with E-state index in [-0.39, 0.29) is 22.1 Å². The fraction of sp³-hybridized carbons (Fsp3) is 1.00. The van der Waals surface area contributed by atoms with E-state index in [1.54, 1.807) is 42.3 Å². The van der Waals surface area contributed by atoms with Gasteiger partial charge in [-0.15, -0.1) is 0 Å². The van der Waals surface area contributed by atoms with Crippen molar-refractivity contribution >= 4 is 7.91 Å². The largest absolute Gasteiger partial charge is 0.786 e. The van der Waals surface area contributed by atoms with Crippen molar-refractivity contribution in [2.45, 2.75) is 37.5 Å². The molecule has 0 fully saturated rings. The van der Waals surface area contributed by atoms with Crippen molar-refractivity contribution in [1.82, 2.24) is 0 Å². The Morgan fingerprint density at radius 1 is 0.724 bits per heavy atom. The van der Waals surface area contributed by atoms with Crippen molar-refractivity contribution in [3.63, 3.8) is 0 Å². The first kappa shape index (κ1) is 33.1. The van der Waals surface area contributed by atoms with Crippen LogP contribution in [0.3, 0.4) is 0 Å². The van der Waals surface area contributed by atoms with Gasteiger partial charge in [0.1, 0.15) is 7.91 Å². The average molecular weight is 474 g/mol. The Kier molecular flexibility index (Phi) is 14.1. The van der Waals surface area contributed by atoms with Crippen LogP contribution in [0.5, 0.6) is 0 Å². The summed E-state index contributed by atoms with van der Waals surface area (Å²) in [6, 6.07) is 0. The summed E-state index contributed by atoms with van der Waals surface area (Å²) >= 11 is 0. The van der Waals surface area contributed by atoms with Crippen LogP contribution in [0.2, 0.25) is 0 Å². The Hall–Kier alpha value is -0.560. The molecule has 0 aromatic carbocycles. The van der Waals surface area contributed by atoms with E-state index in [4.69, 9.17) is 14.4 Å². The van der Waals surface area contributed by atoms with Gasteiger partial charge in [0, 0.05) is 0 Å². The van der Waals surface area contributed by atoms with Crippen LogP contribution in [-0.2, 0) is 4.57 Å². The van der Waals surface area contributed by atoms with E-state index in [9.17, 15) is 39.3 Å². The van der Waals surface area contributed by atoms with Gasteiger partial charge in [-0.2, -0.15) is 0 Å². The predicted octanol–water partition coefficient (Wildman–Crippen LogP) is 2.75. The van der Waals surface area contributed by atoms with E-state index in [0.29, 0.717) is 0 Å². The topological polar surface area (TPSA) is 63.2 Å².